The maximum Gasteiger partial charge on any atom is 0.120 e. The Morgan fingerprint density at radius 1 is 1.08 bits per heavy atom. The zero-order valence-corrected chi connectivity index (χ0v) is 8.49. The lowest BCUT2D eigenvalue weighted by atomic mass is 10.3. The van der Waals surface area contributed by atoms with Gasteiger partial charge in [-0.3, -0.25) is 0 Å². The molecule has 2 nitrogen and oxygen atoms in total. The van der Waals surface area contributed by atoms with Crippen LogP contribution in [0.5, 0.6) is 11.5 Å². The van der Waals surface area contributed by atoms with Gasteiger partial charge in [-0.1, -0.05) is 10.7 Å². The van der Waals surface area contributed by atoms with Crippen molar-refractivity contribution in [3.05, 3.63) is 18.2 Å². The van der Waals surface area contributed by atoms with Gasteiger partial charge in [-0.25, -0.2) is 0 Å². The molecule has 0 atom stereocenters. The number of hydrogen-bond donors (Lipinski definition) is 2. The van der Waals surface area contributed by atoms with Gasteiger partial charge in [0.25, 0.3) is 0 Å². The van der Waals surface area contributed by atoms with E-state index in [0.717, 1.165) is 4.90 Å². The summed E-state index contributed by atoms with van der Waals surface area (Å²) in [6.45, 7) is 0. The minimum atomic E-state index is -1.40. The summed E-state index contributed by atoms with van der Waals surface area (Å²) in [5, 5.41) is 18.3. The fourth-order valence-electron chi connectivity index (χ4n) is 0.848. The predicted molar refractivity (Wildman–Crippen MR) is 53.3 cm³/mol. The minimum Gasteiger partial charge on any atom is -0.508 e. The maximum atomic E-state index is 9.15. The van der Waals surface area contributed by atoms with Crippen LogP contribution in [0.3, 0.4) is 0 Å². The van der Waals surface area contributed by atoms with Crippen LogP contribution in [0.1, 0.15) is 0 Å². The van der Waals surface area contributed by atoms with Gasteiger partial charge >= 0.3 is 0 Å². The number of phenolic OH excluding ortho intramolecular Hbond substituents is 2. The molecule has 0 heterocycles. The van der Waals surface area contributed by atoms with Crippen LogP contribution in [0, 0.1) is 0 Å². The van der Waals surface area contributed by atoms with E-state index >= 15 is 0 Å². The summed E-state index contributed by atoms with van der Waals surface area (Å²) in [4.78, 5) is 0.779. The molecule has 0 radical (unpaired) electrons. The van der Waals surface area contributed by atoms with Gasteiger partial charge in [0.1, 0.15) is 11.5 Å². The molecule has 2 N–H and O–H groups in total. The van der Waals surface area contributed by atoms with Crippen molar-refractivity contribution in [2.45, 2.75) is 4.90 Å². The van der Waals surface area contributed by atoms with Gasteiger partial charge in [0.05, 0.1) is 0 Å². The monoisotopic (exact) mass is 206 g/mol. The Hall–Kier alpha value is -0.540. The van der Waals surface area contributed by atoms with Gasteiger partial charge in [0, 0.05) is 11.0 Å². The summed E-state index contributed by atoms with van der Waals surface area (Å²) in [5.41, 5.74) is 0. The zero-order chi connectivity index (χ0) is 9.35. The standard InChI is InChI=1S/C8H11ClO2S/c1-12(2,9)8-4-6(10)3-7(11)5-8/h3-5,10-11H,1-2H3. The van der Waals surface area contributed by atoms with Crippen molar-refractivity contribution in [3.8, 4) is 11.5 Å². The number of rotatable bonds is 1. The summed E-state index contributed by atoms with van der Waals surface area (Å²) < 4.78 is 0. The van der Waals surface area contributed by atoms with E-state index in [0.29, 0.717) is 0 Å². The minimum absolute atomic E-state index is 0.0474. The van der Waals surface area contributed by atoms with Crippen molar-refractivity contribution >= 4 is 19.9 Å². The average molecular weight is 207 g/mol. The molecule has 0 aliphatic carbocycles. The molecule has 1 aromatic rings. The molecule has 1 rings (SSSR count). The number of aromatic hydroxyl groups is 2. The molecule has 0 aliphatic heterocycles. The van der Waals surface area contributed by atoms with E-state index in [4.69, 9.17) is 20.9 Å². The van der Waals surface area contributed by atoms with E-state index in [1.807, 2.05) is 12.5 Å². The molecule has 1 aromatic carbocycles. The van der Waals surface area contributed by atoms with Crippen LogP contribution < -0.4 is 0 Å². The molecule has 0 saturated carbocycles. The SMILES string of the molecule is CS(C)(Cl)c1cc(O)cc(O)c1. The Kier molecular flexibility index (Phi) is 2.44. The second-order valence-electron chi connectivity index (χ2n) is 2.89. The summed E-state index contributed by atoms with van der Waals surface area (Å²) in [6.07, 6.45) is 3.76. The lowest BCUT2D eigenvalue weighted by Crippen LogP contribution is -1.86. The number of benzene rings is 1. The van der Waals surface area contributed by atoms with Crippen LogP contribution in [0.2, 0.25) is 0 Å². The van der Waals surface area contributed by atoms with Gasteiger partial charge in [-0.2, -0.15) is 0 Å². The topological polar surface area (TPSA) is 40.5 Å². The quantitative estimate of drug-likeness (QED) is 0.742. The number of phenols is 2. The molecule has 0 spiro atoms. The summed E-state index contributed by atoms with van der Waals surface area (Å²) in [7, 11) is 4.67. The average Bonchev–Trinajstić information content (AvgIpc) is 1.82. The number of halogens is 1. The first-order valence-corrected chi connectivity index (χ1v) is 6.63. The van der Waals surface area contributed by atoms with Crippen LogP contribution in [0.15, 0.2) is 23.1 Å². The highest BCUT2D eigenvalue weighted by atomic mass is 35.7. The molecule has 0 fully saturated rings. The fourth-order valence-corrected chi connectivity index (χ4v) is 1.92. The van der Waals surface area contributed by atoms with Crippen molar-refractivity contribution in [1.82, 2.24) is 0 Å². The highest BCUT2D eigenvalue weighted by Gasteiger charge is 2.12. The zero-order valence-electron chi connectivity index (χ0n) is 6.91. The van der Waals surface area contributed by atoms with Gasteiger partial charge in [-0.05, 0) is 24.6 Å². The highest BCUT2D eigenvalue weighted by molar-refractivity contribution is 8.50. The lowest BCUT2D eigenvalue weighted by molar-refractivity contribution is 0.448. The van der Waals surface area contributed by atoms with Crippen molar-refractivity contribution in [2.24, 2.45) is 0 Å². The molecule has 0 aliphatic rings. The lowest BCUT2D eigenvalue weighted by Gasteiger charge is -2.22. The first kappa shape index (κ1) is 9.55. The van der Waals surface area contributed by atoms with E-state index in [-0.39, 0.29) is 11.5 Å². The van der Waals surface area contributed by atoms with E-state index in [2.05, 4.69) is 0 Å². The van der Waals surface area contributed by atoms with Crippen LogP contribution in [0.4, 0.5) is 0 Å². The third-order valence-electron chi connectivity index (χ3n) is 1.44. The largest absolute Gasteiger partial charge is 0.508 e. The van der Waals surface area contributed by atoms with E-state index in [1.54, 1.807) is 12.1 Å². The van der Waals surface area contributed by atoms with Crippen molar-refractivity contribution in [1.29, 1.82) is 0 Å². The highest BCUT2D eigenvalue weighted by Crippen LogP contribution is 2.55. The third kappa shape index (κ3) is 2.22. The molecule has 0 aromatic heterocycles. The Morgan fingerprint density at radius 3 is 1.83 bits per heavy atom. The molecule has 0 unspecified atom stereocenters. The van der Waals surface area contributed by atoms with Crippen LogP contribution in [0.25, 0.3) is 0 Å². The normalized spacial score (nSPS) is 12.9. The first-order chi connectivity index (χ1) is 5.39. The molecular formula is C8H11ClO2S. The van der Waals surface area contributed by atoms with Crippen LogP contribution >= 0.6 is 19.9 Å². The van der Waals surface area contributed by atoms with Crippen molar-refractivity contribution in [3.63, 3.8) is 0 Å². The Bertz CT molecular complexity index is 273. The summed E-state index contributed by atoms with van der Waals surface area (Å²) in [6, 6.07) is 4.43. The smallest absolute Gasteiger partial charge is 0.120 e. The maximum absolute atomic E-state index is 9.15. The van der Waals surface area contributed by atoms with E-state index in [9.17, 15) is 0 Å². The second-order valence-corrected chi connectivity index (χ2v) is 8.08. The first-order valence-electron chi connectivity index (χ1n) is 3.35. The molecule has 0 amide bonds. The Morgan fingerprint density at radius 2 is 1.50 bits per heavy atom. The fraction of sp³-hybridized carbons (Fsp3) is 0.250. The molecule has 4 heteroatoms. The van der Waals surface area contributed by atoms with Crippen LogP contribution in [-0.2, 0) is 0 Å². The predicted octanol–water partition coefficient (Wildman–Crippen LogP) is 2.67. The van der Waals surface area contributed by atoms with Gasteiger partial charge < -0.3 is 10.2 Å². The van der Waals surface area contributed by atoms with Gasteiger partial charge in [-0.15, -0.1) is 9.24 Å². The summed E-state index contributed by atoms with van der Waals surface area (Å²) in [5.74, 6) is 0.0949. The molecule has 12 heavy (non-hydrogen) atoms. The third-order valence-corrected chi connectivity index (χ3v) is 3.33. The second kappa shape index (κ2) is 3.07. The van der Waals surface area contributed by atoms with E-state index in [1.165, 1.54) is 6.07 Å². The van der Waals surface area contributed by atoms with Gasteiger partial charge in [0.2, 0.25) is 0 Å². The molecular weight excluding hydrogens is 196 g/mol. The van der Waals surface area contributed by atoms with Crippen molar-refractivity contribution in [2.75, 3.05) is 12.5 Å². The van der Waals surface area contributed by atoms with Crippen molar-refractivity contribution < 1.29 is 10.2 Å². The molecule has 68 valence electrons. The molecule has 0 saturated heterocycles. The number of hydrogen-bond acceptors (Lipinski definition) is 2. The van der Waals surface area contributed by atoms with Gasteiger partial charge in [0.15, 0.2) is 0 Å². The van der Waals surface area contributed by atoms with E-state index < -0.39 is 9.24 Å². The Balaban J connectivity index is 3.18. The Labute approximate surface area is 77.6 Å². The summed E-state index contributed by atoms with van der Waals surface area (Å²) >= 11 is 0. The van der Waals surface area contributed by atoms with Crippen LogP contribution in [-0.4, -0.2) is 22.7 Å². The molecule has 0 bridgehead atoms.